The number of hydrogen-bond acceptors (Lipinski definition) is 8. The Kier molecular flexibility index (Phi) is 18.3. The molecule has 21 heteroatoms. The summed E-state index contributed by atoms with van der Waals surface area (Å²) in [5, 5.41) is 11.7. The van der Waals surface area contributed by atoms with E-state index in [4.69, 9.17) is 9.47 Å². The van der Waals surface area contributed by atoms with Gasteiger partial charge < -0.3 is 24.2 Å². The molecule has 0 fully saturated rings. The van der Waals surface area contributed by atoms with Crippen molar-refractivity contribution >= 4 is 50.7 Å². The van der Waals surface area contributed by atoms with E-state index in [2.05, 4.69) is 31.2 Å². The molecule has 1 N–H and O–H groups in total. The fourth-order valence-corrected chi connectivity index (χ4v) is 8.86. The summed E-state index contributed by atoms with van der Waals surface area (Å²) in [6.45, 7) is 3.34. The Labute approximate surface area is 458 Å². The molecule has 0 bridgehead atoms. The van der Waals surface area contributed by atoms with Crippen LogP contribution >= 0.6 is 15.9 Å². The molecule has 3 amide bonds. The predicted octanol–water partition coefficient (Wildman–Crippen LogP) is 11.0. The maximum atomic E-state index is 13.7. The van der Waals surface area contributed by atoms with Gasteiger partial charge in [-0.25, -0.2) is 22.0 Å². The van der Waals surface area contributed by atoms with Crippen molar-refractivity contribution in [2.24, 2.45) is 0 Å². The zero-order valence-electron chi connectivity index (χ0n) is 41.3. The van der Waals surface area contributed by atoms with Crippen LogP contribution in [0.1, 0.15) is 55.6 Å². The number of aromatic amines is 1. The van der Waals surface area contributed by atoms with E-state index in [1.54, 1.807) is 98.0 Å². The minimum absolute atomic E-state index is 0. The number of H-pyrrole nitrogens is 1. The van der Waals surface area contributed by atoms with Gasteiger partial charge in [-0.3, -0.25) is 38.3 Å². The summed E-state index contributed by atoms with van der Waals surface area (Å²) >= 11 is 3.17. The zero-order chi connectivity index (χ0) is 54.7. The Morgan fingerprint density at radius 2 is 0.861 bits per heavy atom. The summed E-state index contributed by atoms with van der Waals surface area (Å²) < 4.78 is 81.2. The minimum atomic E-state index is -0.355. The summed E-state index contributed by atoms with van der Waals surface area (Å²) in [4.78, 5) is 53.5. The number of fused-ring (bicyclic) bond motifs is 3. The molecule has 0 aliphatic carbocycles. The van der Waals surface area contributed by atoms with Crippen LogP contribution in [0.5, 0.6) is 11.8 Å². The van der Waals surface area contributed by atoms with Gasteiger partial charge in [-0.15, -0.1) is 10.2 Å². The molecule has 0 saturated carbocycles. The number of carbonyl (C=O) groups excluding carboxylic acids is 3. The molecule has 6 aromatic carbocycles. The number of benzene rings is 6. The summed E-state index contributed by atoms with van der Waals surface area (Å²) in [6, 6.07) is 44.7. The molecule has 3 aromatic heterocycles. The molecule has 0 unspecified atom stereocenters. The second kappa shape index (κ2) is 25.8. The number of nitrogens with zero attached hydrogens (tertiary/aromatic N) is 8. The lowest BCUT2D eigenvalue weighted by Gasteiger charge is -2.27. The molecule has 79 heavy (non-hydrogen) atoms. The summed E-state index contributed by atoms with van der Waals surface area (Å²) in [5.74, 6) is -1.50. The second-order valence-electron chi connectivity index (χ2n) is 17.5. The summed E-state index contributed by atoms with van der Waals surface area (Å²) in [5.41, 5.74) is 4.96. The molecule has 15 nitrogen and oxygen atoms in total. The Bertz CT molecular complexity index is 3590. The average Bonchev–Trinajstić information content (AvgIpc) is 4.28. The van der Waals surface area contributed by atoms with Crippen LogP contribution in [-0.4, -0.2) is 66.7 Å². The third-order valence-electron chi connectivity index (χ3n) is 12.4. The van der Waals surface area contributed by atoms with Gasteiger partial charge in [0.25, 0.3) is 23.3 Å². The van der Waals surface area contributed by atoms with E-state index in [1.807, 2.05) is 36.4 Å². The summed E-state index contributed by atoms with van der Waals surface area (Å²) in [6.07, 6.45) is 0. The van der Waals surface area contributed by atoms with E-state index in [0.717, 1.165) is 5.56 Å². The first-order chi connectivity index (χ1) is 37.8. The van der Waals surface area contributed by atoms with Crippen molar-refractivity contribution in [2.45, 2.75) is 45.6 Å². The Morgan fingerprint density at radius 1 is 0.456 bits per heavy atom. The SMILES string of the molecule is C.Fc1ccccc1CBr.O=C1c2cc(=O)[nH]n2CCN1c1ccc(F)cc1.O=C1c2cc(OCc3ccccc3)nn2CCN1c1ccc(F)cc1.O=C1c2cc(OCc3ccccc3F)nn2CCN1c1ccc(F)cc1. The van der Waals surface area contributed by atoms with Crippen LogP contribution in [0.2, 0.25) is 0 Å². The monoisotopic (exact) mass is 1140 g/mol. The lowest BCUT2D eigenvalue weighted by atomic mass is 10.2. The van der Waals surface area contributed by atoms with Gasteiger partial charge >= 0.3 is 0 Å². The minimum Gasteiger partial charge on any atom is -0.472 e. The van der Waals surface area contributed by atoms with Gasteiger partial charge in [-0.05, 0) is 96.1 Å². The smallest absolute Gasteiger partial charge is 0.276 e. The fraction of sp³-hybridized carbons (Fsp3) is 0.172. The highest BCUT2D eigenvalue weighted by atomic mass is 79.9. The van der Waals surface area contributed by atoms with E-state index in [9.17, 15) is 41.1 Å². The van der Waals surface area contributed by atoms with Crippen LogP contribution in [0, 0.1) is 29.1 Å². The van der Waals surface area contributed by atoms with Gasteiger partial charge in [-0.1, -0.05) is 90.1 Å². The number of alkyl halides is 1. The Morgan fingerprint density at radius 3 is 1.30 bits per heavy atom. The third-order valence-corrected chi connectivity index (χ3v) is 13.0. The number of aromatic nitrogens is 6. The highest BCUT2D eigenvalue weighted by Crippen LogP contribution is 2.27. The molecule has 3 aliphatic rings. The van der Waals surface area contributed by atoms with Crippen molar-refractivity contribution in [3.8, 4) is 11.8 Å². The predicted molar refractivity (Wildman–Crippen MR) is 291 cm³/mol. The number of nitrogens with one attached hydrogen (secondary N) is 1. The van der Waals surface area contributed by atoms with E-state index in [1.165, 1.54) is 64.2 Å². The first kappa shape index (κ1) is 56.1. The molecule has 6 heterocycles. The van der Waals surface area contributed by atoms with Gasteiger partial charge in [0.1, 0.15) is 59.4 Å². The van der Waals surface area contributed by atoms with E-state index >= 15 is 0 Å². The van der Waals surface area contributed by atoms with Gasteiger partial charge in [0, 0.05) is 65.8 Å². The topological polar surface area (TPSA) is 153 Å². The molecular weight excluding hydrogens is 1090 g/mol. The number of amides is 3. The van der Waals surface area contributed by atoms with Crippen molar-refractivity contribution in [1.29, 1.82) is 0 Å². The van der Waals surface area contributed by atoms with Crippen LogP contribution < -0.4 is 29.7 Å². The largest absolute Gasteiger partial charge is 0.472 e. The fourth-order valence-electron chi connectivity index (χ4n) is 8.41. The van der Waals surface area contributed by atoms with E-state index < -0.39 is 0 Å². The quantitative estimate of drug-likeness (QED) is 0.105. The lowest BCUT2D eigenvalue weighted by Crippen LogP contribution is -2.40. The first-order valence-corrected chi connectivity index (χ1v) is 25.4. The molecule has 406 valence electrons. The van der Waals surface area contributed by atoms with Crippen LogP contribution in [0.3, 0.4) is 0 Å². The van der Waals surface area contributed by atoms with Crippen LogP contribution in [0.25, 0.3) is 0 Å². The first-order valence-electron chi connectivity index (χ1n) is 24.3. The standard InChI is InChI=1S/C19H15F2N3O2.C19H16FN3O2.C12H10FN3O2.C7H6BrF.CH4/c20-14-5-7-15(8-6-14)23-9-10-24-17(19(23)25)11-18(22-24)26-12-13-3-1-2-4-16(13)21;20-15-6-8-16(9-7-15)22-10-11-23-17(19(22)24)12-18(21-23)25-13-14-4-2-1-3-5-14;13-8-1-3-9(4-2-8)15-5-6-16-10(12(15)18)7-11(17)14-16;8-5-6-3-1-2-4-7(6)9;/h1-8,11H,9-10,12H2;1-9,12H,10-11,13H2;1-4,7H,5-6H2,(H,14,17);1-4H,5H2;1H4. The van der Waals surface area contributed by atoms with Gasteiger partial charge in [0.05, 0.1) is 19.6 Å². The van der Waals surface area contributed by atoms with Crippen molar-refractivity contribution < 1.29 is 45.8 Å². The summed E-state index contributed by atoms with van der Waals surface area (Å²) in [7, 11) is 0. The van der Waals surface area contributed by atoms with E-state index in [0.29, 0.717) is 102 Å². The maximum absolute atomic E-state index is 13.7. The van der Waals surface area contributed by atoms with Gasteiger partial charge in [0.15, 0.2) is 0 Å². The highest BCUT2D eigenvalue weighted by Gasteiger charge is 2.30. The molecule has 0 saturated heterocycles. The molecule has 0 spiro atoms. The Hall–Kier alpha value is -9.11. The average molecular weight is 1140 g/mol. The van der Waals surface area contributed by atoms with Crippen LogP contribution in [-0.2, 0) is 38.2 Å². The molecule has 12 rings (SSSR count). The van der Waals surface area contributed by atoms with Crippen molar-refractivity contribution in [1.82, 2.24) is 29.3 Å². The molecule has 0 atom stereocenters. The molecule has 0 radical (unpaired) electrons. The number of hydrogen-bond donors (Lipinski definition) is 1. The van der Waals surface area contributed by atoms with Gasteiger partial charge in [0.2, 0.25) is 11.8 Å². The number of halogens is 6. The third kappa shape index (κ3) is 13.7. The van der Waals surface area contributed by atoms with Gasteiger partial charge in [-0.2, -0.15) is 0 Å². The maximum Gasteiger partial charge on any atom is 0.276 e. The number of rotatable bonds is 10. The van der Waals surface area contributed by atoms with Crippen LogP contribution in [0.15, 0.2) is 175 Å². The molecule has 9 aromatic rings. The number of carbonyl (C=O) groups is 3. The number of anilines is 3. The van der Waals surface area contributed by atoms with Crippen molar-refractivity contribution in [3.63, 3.8) is 0 Å². The number of ether oxygens (including phenoxy) is 2. The molecule has 3 aliphatic heterocycles. The lowest BCUT2D eigenvalue weighted by molar-refractivity contribution is 0.0954. The Balaban J connectivity index is 0.000000145. The second-order valence-corrected chi connectivity index (χ2v) is 18.1. The normalized spacial score (nSPS) is 13.2. The highest BCUT2D eigenvalue weighted by molar-refractivity contribution is 9.08. The van der Waals surface area contributed by atoms with Crippen molar-refractivity contribution in [3.05, 3.63) is 243 Å². The zero-order valence-corrected chi connectivity index (χ0v) is 42.9. The van der Waals surface area contributed by atoms with Crippen molar-refractivity contribution in [2.75, 3.05) is 34.3 Å². The van der Waals surface area contributed by atoms with Crippen LogP contribution in [0.4, 0.5) is 39.0 Å². The molecular formula is C58H51BrF5N9O6. The van der Waals surface area contributed by atoms with E-state index in [-0.39, 0.29) is 72.3 Å².